The highest BCUT2D eigenvalue weighted by molar-refractivity contribution is 7.97. The number of rotatable bonds is 3. The van der Waals surface area contributed by atoms with Gasteiger partial charge in [-0.1, -0.05) is 12.1 Å². The monoisotopic (exact) mass is 464 g/mol. The van der Waals surface area contributed by atoms with Crippen molar-refractivity contribution in [2.24, 2.45) is 0 Å². The molecule has 2 aromatic rings. The van der Waals surface area contributed by atoms with Crippen LogP contribution in [0.3, 0.4) is 0 Å². The molecule has 5 nitrogen and oxygen atoms in total. The zero-order valence-electron chi connectivity index (χ0n) is 16.2. The Bertz CT molecular complexity index is 951. The Hall–Kier alpha value is -1.49. The summed E-state index contributed by atoms with van der Waals surface area (Å²) in [7, 11) is -5.63. The Morgan fingerprint density at radius 3 is 2.37 bits per heavy atom. The molecule has 30 heavy (non-hydrogen) atoms. The molecule has 166 valence electrons. The van der Waals surface area contributed by atoms with Crippen LogP contribution in [-0.4, -0.2) is 42.9 Å². The van der Waals surface area contributed by atoms with Crippen molar-refractivity contribution in [1.29, 1.82) is 0 Å². The summed E-state index contributed by atoms with van der Waals surface area (Å²) in [5.74, 6) is 3.67. The third kappa shape index (κ3) is 6.03. The van der Waals surface area contributed by atoms with E-state index in [0.29, 0.717) is 10.9 Å². The van der Waals surface area contributed by atoms with Gasteiger partial charge in [-0.2, -0.15) is 13.2 Å². The van der Waals surface area contributed by atoms with Gasteiger partial charge >= 0.3 is 5.51 Å². The van der Waals surface area contributed by atoms with Gasteiger partial charge in [0.1, 0.15) is 17.3 Å². The normalized spacial score (nSPS) is 20.6. The Kier molecular flexibility index (Phi) is 7.54. The molecule has 2 aliphatic heterocycles. The lowest BCUT2D eigenvalue weighted by Crippen LogP contribution is -2.24. The minimum atomic E-state index is -6.09. The Morgan fingerprint density at radius 1 is 1.07 bits per heavy atom. The molecule has 1 atom stereocenters. The Labute approximate surface area is 176 Å². The van der Waals surface area contributed by atoms with E-state index in [4.69, 9.17) is 22.4 Å². The van der Waals surface area contributed by atoms with Crippen molar-refractivity contribution in [3.05, 3.63) is 36.4 Å². The zero-order valence-corrected chi connectivity index (χ0v) is 17.8. The predicted octanol–water partition coefficient (Wildman–Crippen LogP) is 4.57. The van der Waals surface area contributed by atoms with Crippen molar-refractivity contribution in [1.82, 2.24) is 0 Å². The van der Waals surface area contributed by atoms with Gasteiger partial charge in [-0.25, -0.2) is 8.42 Å². The largest absolute Gasteiger partial charge is 0.741 e. The van der Waals surface area contributed by atoms with Gasteiger partial charge in [-0.05, 0) is 55.3 Å². The van der Waals surface area contributed by atoms with Crippen LogP contribution in [0.5, 0.6) is 5.75 Å². The minimum absolute atomic E-state index is 0.0638. The molecule has 0 spiro atoms. The van der Waals surface area contributed by atoms with Gasteiger partial charge < -0.3 is 14.0 Å². The Morgan fingerprint density at radius 2 is 1.77 bits per heavy atom. The van der Waals surface area contributed by atoms with Gasteiger partial charge in [0, 0.05) is 22.7 Å². The molecule has 0 bridgehead atoms. The standard InChI is InChI=1S/C19H23O2S.CHF3O3S/c1-2-11-20-19(8-1)21-16-9-10-17-15(14-16)6-5-7-18(17)22-12-3-4-13-22;2-1(3,4)8(5,6)7/h5-7,9-10,14,19H,1-4,8,11-13H2;(H,5,6,7)/q+1;/p-1. The average Bonchev–Trinajstić information content (AvgIpc) is 3.22. The Balaban J connectivity index is 0.000000275. The third-order valence-electron chi connectivity index (χ3n) is 4.84. The zero-order chi connectivity index (χ0) is 21.8. The van der Waals surface area contributed by atoms with E-state index in [1.54, 1.807) is 4.90 Å². The second-order valence-corrected chi connectivity index (χ2v) is 10.7. The summed E-state index contributed by atoms with van der Waals surface area (Å²) in [5, 5.41) is 2.70. The topological polar surface area (TPSA) is 75.7 Å². The molecule has 0 aromatic heterocycles. The summed E-state index contributed by atoms with van der Waals surface area (Å²) in [6.07, 6.45) is 6.07. The number of ether oxygens (including phenoxy) is 2. The van der Waals surface area contributed by atoms with Gasteiger partial charge in [0.25, 0.3) is 0 Å². The van der Waals surface area contributed by atoms with Crippen LogP contribution in [0.2, 0.25) is 0 Å². The van der Waals surface area contributed by atoms with E-state index in [1.165, 1.54) is 41.5 Å². The van der Waals surface area contributed by atoms with E-state index in [-0.39, 0.29) is 6.29 Å². The molecule has 0 amide bonds. The van der Waals surface area contributed by atoms with Gasteiger partial charge in [0.05, 0.1) is 6.61 Å². The van der Waals surface area contributed by atoms with Gasteiger partial charge in [-0.15, -0.1) is 0 Å². The van der Waals surface area contributed by atoms with Crippen LogP contribution in [0.1, 0.15) is 32.1 Å². The first-order valence-electron chi connectivity index (χ1n) is 9.66. The van der Waals surface area contributed by atoms with E-state index in [0.717, 1.165) is 25.2 Å². The average molecular weight is 465 g/mol. The first-order valence-corrected chi connectivity index (χ1v) is 12.6. The van der Waals surface area contributed by atoms with Crippen LogP contribution in [0.4, 0.5) is 13.2 Å². The first-order chi connectivity index (χ1) is 14.1. The van der Waals surface area contributed by atoms with Crippen molar-refractivity contribution >= 4 is 31.8 Å². The van der Waals surface area contributed by atoms with Crippen LogP contribution in [0.25, 0.3) is 10.8 Å². The van der Waals surface area contributed by atoms with E-state index >= 15 is 0 Å². The molecule has 10 heteroatoms. The molecule has 2 fully saturated rings. The van der Waals surface area contributed by atoms with Crippen LogP contribution >= 0.6 is 0 Å². The summed E-state index contributed by atoms with van der Waals surface area (Å²) in [4.78, 5) is 1.55. The highest BCUT2D eigenvalue weighted by Crippen LogP contribution is 2.32. The minimum Gasteiger partial charge on any atom is -0.741 e. The molecule has 0 N–H and O–H groups in total. The summed E-state index contributed by atoms with van der Waals surface area (Å²) >= 11 is 0. The SMILES string of the molecule is O=S(=O)([O-])C(F)(F)F.c1cc([S+]2CCCC2)c2ccc(OC3CCCCO3)cc2c1. The summed E-state index contributed by atoms with van der Waals surface area (Å²) in [6.45, 7) is 0.825. The van der Waals surface area contributed by atoms with Gasteiger partial charge in [0.2, 0.25) is 0 Å². The van der Waals surface area contributed by atoms with Crippen molar-refractivity contribution in [3.8, 4) is 5.75 Å². The lowest BCUT2D eigenvalue weighted by Gasteiger charge is -2.23. The lowest BCUT2D eigenvalue weighted by molar-refractivity contribution is -0.105. The van der Waals surface area contributed by atoms with E-state index in [2.05, 4.69) is 36.4 Å². The maximum absolute atomic E-state index is 10.7. The number of hydrogen-bond acceptors (Lipinski definition) is 5. The third-order valence-corrected chi connectivity index (χ3v) is 7.95. The van der Waals surface area contributed by atoms with Crippen molar-refractivity contribution in [2.75, 3.05) is 18.1 Å². The van der Waals surface area contributed by atoms with Crippen LogP contribution in [-0.2, 0) is 25.7 Å². The fourth-order valence-electron chi connectivity index (χ4n) is 3.39. The molecule has 0 aliphatic carbocycles. The fraction of sp³-hybridized carbons (Fsp3) is 0.500. The molecule has 2 aliphatic rings. The predicted molar refractivity (Wildman–Crippen MR) is 109 cm³/mol. The molecule has 1 unspecified atom stereocenters. The summed E-state index contributed by atoms with van der Waals surface area (Å²) < 4.78 is 70.6. The first kappa shape index (κ1) is 23.2. The number of halogens is 3. The smallest absolute Gasteiger partial charge is 0.485 e. The van der Waals surface area contributed by atoms with Crippen LogP contribution < -0.4 is 4.74 Å². The van der Waals surface area contributed by atoms with Crippen molar-refractivity contribution in [2.45, 2.75) is 48.8 Å². The lowest BCUT2D eigenvalue weighted by atomic mass is 10.1. The van der Waals surface area contributed by atoms with Crippen LogP contribution in [0, 0.1) is 0 Å². The number of alkyl halides is 3. The molecule has 2 aromatic carbocycles. The quantitative estimate of drug-likeness (QED) is 0.378. The molecular weight excluding hydrogens is 441 g/mol. The van der Waals surface area contributed by atoms with Gasteiger partial charge in [-0.3, -0.25) is 0 Å². The number of fused-ring (bicyclic) bond motifs is 1. The van der Waals surface area contributed by atoms with E-state index in [9.17, 15) is 13.2 Å². The van der Waals surface area contributed by atoms with Gasteiger partial charge in [0.15, 0.2) is 21.3 Å². The second kappa shape index (κ2) is 9.76. The molecule has 2 heterocycles. The molecule has 2 saturated heterocycles. The van der Waals surface area contributed by atoms with Crippen LogP contribution in [0.15, 0.2) is 41.3 Å². The van der Waals surface area contributed by atoms with E-state index < -0.39 is 15.6 Å². The molecular formula is C20H23F3O5S2. The highest BCUT2D eigenvalue weighted by atomic mass is 32.2. The maximum atomic E-state index is 10.7. The second-order valence-electron chi connectivity index (χ2n) is 7.06. The number of benzene rings is 2. The molecule has 0 saturated carbocycles. The maximum Gasteiger partial charge on any atom is 0.485 e. The molecule has 4 rings (SSSR count). The fourth-order valence-corrected chi connectivity index (χ4v) is 5.90. The molecule has 0 radical (unpaired) electrons. The summed E-state index contributed by atoms with van der Waals surface area (Å²) in [6, 6.07) is 13.3. The highest BCUT2D eigenvalue weighted by Gasteiger charge is 2.37. The summed E-state index contributed by atoms with van der Waals surface area (Å²) in [5.41, 5.74) is -5.65. The van der Waals surface area contributed by atoms with E-state index in [1.807, 2.05) is 0 Å². The van der Waals surface area contributed by atoms with Crippen molar-refractivity contribution < 1.29 is 35.6 Å². The van der Waals surface area contributed by atoms with Crippen molar-refractivity contribution in [3.63, 3.8) is 0 Å². The number of hydrogen-bond donors (Lipinski definition) is 0.